The molecule has 3 N–H and O–H groups in total. The molecule has 0 saturated carbocycles. The molecule has 0 radical (unpaired) electrons. The van der Waals surface area contributed by atoms with Crippen molar-refractivity contribution < 1.29 is 24.5 Å². The number of rotatable bonds is 39. The summed E-state index contributed by atoms with van der Waals surface area (Å²) in [4.78, 5) is 24.3. The molecule has 0 spiro atoms. The van der Waals surface area contributed by atoms with E-state index in [4.69, 9.17) is 4.74 Å². The zero-order chi connectivity index (χ0) is 36.6. The molecule has 0 fully saturated rings. The van der Waals surface area contributed by atoms with E-state index in [0.717, 1.165) is 57.8 Å². The highest BCUT2D eigenvalue weighted by atomic mass is 16.5. The van der Waals surface area contributed by atoms with Crippen LogP contribution in [0.15, 0.2) is 24.3 Å². The first-order chi connectivity index (χ1) is 24.5. The standard InChI is InChI=1S/C44H83NO5/c1-3-5-7-9-11-13-15-17-22-26-30-34-38-44(49)50-39-35-31-27-23-19-18-21-25-29-33-37-43(48)45-41(40-46)42(47)36-32-28-24-20-16-14-12-10-8-6-4-2/h11,13,32,36,41-42,46-47H,3-10,12,14-31,33-35,37-40H2,1-2H3,(H,45,48)/b13-11-,36-32+. The van der Waals surface area contributed by atoms with Crippen LogP contribution in [-0.4, -0.2) is 47.4 Å². The Kier molecular flexibility index (Phi) is 38.8. The molecule has 0 heterocycles. The lowest BCUT2D eigenvalue weighted by Gasteiger charge is -2.20. The van der Waals surface area contributed by atoms with Gasteiger partial charge in [0.05, 0.1) is 25.4 Å². The summed E-state index contributed by atoms with van der Waals surface area (Å²) in [5.74, 6) is -0.126. The minimum absolute atomic E-state index is 0.0322. The SMILES string of the molecule is CCCCC/C=C\CCCCCCCC(=O)OCCCCCCCCCCCCC(=O)NC(CO)C(O)/C=C/CCCCCCCCCCC. The van der Waals surface area contributed by atoms with E-state index >= 15 is 0 Å². The van der Waals surface area contributed by atoms with Crippen molar-refractivity contribution >= 4 is 11.9 Å². The second-order valence-corrected chi connectivity index (χ2v) is 14.7. The first kappa shape index (κ1) is 48.3. The number of allylic oxidation sites excluding steroid dienone is 3. The maximum Gasteiger partial charge on any atom is 0.305 e. The van der Waals surface area contributed by atoms with Crippen LogP contribution >= 0.6 is 0 Å². The lowest BCUT2D eigenvalue weighted by atomic mass is 10.0. The van der Waals surface area contributed by atoms with Crippen molar-refractivity contribution in [2.75, 3.05) is 13.2 Å². The molecule has 0 saturated heterocycles. The summed E-state index contributed by atoms with van der Waals surface area (Å²) < 4.78 is 5.42. The predicted molar refractivity (Wildman–Crippen MR) is 213 cm³/mol. The number of hydrogen-bond donors (Lipinski definition) is 3. The van der Waals surface area contributed by atoms with Gasteiger partial charge in [0, 0.05) is 12.8 Å². The Morgan fingerprint density at radius 3 is 1.46 bits per heavy atom. The topological polar surface area (TPSA) is 95.9 Å². The van der Waals surface area contributed by atoms with Gasteiger partial charge in [-0.05, 0) is 57.8 Å². The fraction of sp³-hybridized carbons (Fsp3) is 0.864. The Balaban J connectivity index is 3.54. The smallest absolute Gasteiger partial charge is 0.305 e. The molecule has 294 valence electrons. The molecule has 6 heteroatoms. The maximum atomic E-state index is 12.3. The Morgan fingerprint density at radius 2 is 0.940 bits per heavy atom. The van der Waals surface area contributed by atoms with Crippen LogP contribution in [0.25, 0.3) is 0 Å². The van der Waals surface area contributed by atoms with Crippen molar-refractivity contribution in [2.45, 2.75) is 231 Å². The largest absolute Gasteiger partial charge is 0.466 e. The van der Waals surface area contributed by atoms with Crippen molar-refractivity contribution in [3.63, 3.8) is 0 Å². The number of aliphatic hydroxyl groups is 2. The van der Waals surface area contributed by atoms with E-state index in [-0.39, 0.29) is 18.5 Å². The van der Waals surface area contributed by atoms with Crippen molar-refractivity contribution in [2.24, 2.45) is 0 Å². The Bertz CT molecular complexity index is 782. The quantitative estimate of drug-likeness (QED) is 0.0336. The number of carbonyl (C=O) groups excluding carboxylic acids is 2. The minimum Gasteiger partial charge on any atom is -0.466 e. The zero-order valence-electron chi connectivity index (χ0n) is 33.1. The van der Waals surface area contributed by atoms with Gasteiger partial charge in [-0.1, -0.05) is 173 Å². The monoisotopic (exact) mass is 706 g/mol. The summed E-state index contributed by atoms with van der Waals surface area (Å²) in [6, 6.07) is -0.642. The zero-order valence-corrected chi connectivity index (χ0v) is 33.1. The molecule has 0 aliphatic carbocycles. The molecular weight excluding hydrogens is 622 g/mol. The van der Waals surface area contributed by atoms with E-state index in [2.05, 4.69) is 31.3 Å². The Morgan fingerprint density at radius 1 is 0.540 bits per heavy atom. The van der Waals surface area contributed by atoms with Crippen LogP contribution in [0.3, 0.4) is 0 Å². The van der Waals surface area contributed by atoms with Crippen LogP contribution in [-0.2, 0) is 14.3 Å². The van der Waals surface area contributed by atoms with E-state index in [1.54, 1.807) is 6.08 Å². The first-order valence-electron chi connectivity index (χ1n) is 21.6. The molecule has 0 aliphatic rings. The Hall–Kier alpha value is -1.66. The second kappa shape index (κ2) is 40.1. The van der Waals surface area contributed by atoms with Crippen LogP contribution in [0, 0.1) is 0 Å². The number of esters is 1. The fourth-order valence-electron chi connectivity index (χ4n) is 6.33. The number of nitrogens with one attached hydrogen (secondary N) is 1. The maximum absolute atomic E-state index is 12.3. The van der Waals surface area contributed by atoms with Crippen molar-refractivity contribution in [3.05, 3.63) is 24.3 Å². The number of aliphatic hydroxyl groups excluding tert-OH is 2. The summed E-state index contributed by atoms with van der Waals surface area (Å²) in [5.41, 5.74) is 0. The van der Waals surface area contributed by atoms with Gasteiger partial charge in [-0.2, -0.15) is 0 Å². The van der Waals surface area contributed by atoms with Crippen molar-refractivity contribution in [3.8, 4) is 0 Å². The van der Waals surface area contributed by atoms with Gasteiger partial charge in [-0.3, -0.25) is 9.59 Å². The number of carbonyl (C=O) groups is 2. The predicted octanol–water partition coefficient (Wildman–Crippen LogP) is 12.0. The molecule has 0 aromatic heterocycles. The molecule has 1 amide bonds. The van der Waals surface area contributed by atoms with Gasteiger partial charge in [0.25, 0.3) is 0 Å². The van der Waals surface area contributed by atoms with Gasteiger partial charge >= 0.3 is 5.97 Å². The summed E-state index contributed by atoms with van der Waals surface area (Å²) in [7, 11) is 0. The highest BCUT2D eigenvalue weighted by Crippen LogP contribution is 2.14. The number of hydrogen-bond acceptors (Lipinski definition) is 5. The van der Waals surface area contributed by atoms with Gasteiger partial charge in [-0.25, -0.2) is 0 Å². The Labute approximate surface area is 310 Å². The number of amides is 1. The van der Waals surface area contributed by atoms with E-state index in [0.29, 0.717) is 19.4 Å². The average molecular weight is 706 g/mol. The fourth-order valence-corrected chi connectivity index (χ4v) is 6.33. The molecule has 0 aromatic rings. The van der Waals surface area contributed by atoms with E-state index in [1.165, 1.54) is 135 Å². The van der Waals surface area contributed by atoms with Gasteiger partial charge in [0.1, 0.15) is 0 Å². The van der Waals surface area contributed by atoms with Crippen LogP contribution in [0.5, 0.6) is 0 Å². The van der Waals surface area contributed by atoms with E-state index < -0.39 is 12.1 Å². The molecule has 2 unspecified atom stereocenters. The first-order valence-corrected chi connectivity index (χ1v) is 21.6. The van der Waals surface area contributed by atoms with E-state index in [9.17, 15) is 19.8 Å². The summed E-state index contributed by atoms with van der Waals surface area (Å²) in [6.07, 6.45) is 44.4. The highest BCUT2D eigenvalue weighted by Gasteiger charge is 2.18. The molecule has 50 heavy (non-hydrogen) atoms. The third-order valence-corrected chi connectivity index (χ3v) is 9.72. The average Bonchev–Trinajstić information content (AvgIpc) is 3.11. The molecule has 2 atom stereocenters. The highest BCUT2D eigenvalue weighted by molar-refractivity contribution is 5.76. The summed E-state index contributed by atoms with van der Waals surface area (Å²) in [6.45, 7) is 4.79. The van der Waals surface area contributed by atoms with Crippen LogP contribution in [0.1, 0.15) is 219 Å². The van der Waals surface area contributed by atoms with Gasteiger partial charge < -0.3 is 20.3 Å². The lowest BCUT2D eigenvalue weighted by molar-refractivity contribution is -0.143. The molecular formula is C44H83NO5. The molecule has 0 rings (SSSR count). The third-order valence-electron chi connectivity index (χ3n) is 9.72. The summed E-state index contributed by atoms with van der Waals surface area (Å²) in [5, 5.41) is 22.9. The molecule has 0 aromatic carbocycles. The third kappa shape index (κ3) is 36.1. The lowest BCUT2D eigenvalue weighted by Crippen LogP contribution is -2.45. The van der Waals surface area contributed by atoms with Gasteiger partial charge in [0.15, 0.2) is 0 Å². The minimum atomic E-state index is -0.857. The molecule has 0 bridgehead atoms. The number of unbranched alkanes of at least 4 members (excludes halogenated alkanes) is 26. The van der Waals surface area contributed by atoms with Gasteiger partial charge in [-0.15, -0.1) is 0 Å². The normalized spacial score (nSPS) is 13.0. The summed E-state index contributed by atoms with van der Waals surface area (Å²) >= 11 is 0. The van der Waals surface area contributed by atoms with E-state index in [1.807, 2.05) is 6.08 Å². The number of ether oxygens (including phenoxy) is 1. The van der Waals surface area contributed by atoms with Crippen molar-refractivity contribution in [1.82, 2.24) is 5.32 Å². The molecule has 6 nitrogen and oxygen atoms in total. The van der Waals surface area contributed by atoms with Crippen LogP contribution in [0.2, 0.25) is 0 Å². The van der Waals surface area contributed by atoms with Crippen LogP contribution in [0.4, 0.5) is 0 Å². The second-order valence-electron chi connectivity index (χ2n) is 14.7. The van der Waals surface area contributed by atoms with Crippen molar-refractivity contribution in [1.29, 1.82) is 0 Å². The molecule has 0 aliphatic heterocycles. The van der Waals surface area contributed by atoms with Gasteiger partial charge in [0.2, 0.25) is 5.91 Å². The van der Waals surface area contributed by atoms with Crippen LogP contribution < -0.4 is 5.32 Å².